The van der Waals surface area contributed by atoms with Crippen molar-refractivity contribution in [1.82, 2.24) is 0 Å². The SMILES string of the molecule is OC12CCCC34CC56CCCC5(C13)C1C6C35CCCC13C2C45. The van der Waals surface area contributed by atoms with Gasteiger partial charge in [0.05, 0.1) is 5.60 Å². The van der Waals surface area contributed by atoms with Gasteiger partial charge in [-0.3, -0.25) is 0 Å². The molecule has 1 heteroatoms. The van der Waals surface area contributed by atoms with Crippen LogP contribution in [0.5, 0.6) is 0 Å². The highest BCUT2D eigenvalue weighted by atomic mass is 16.3. The summed E-state index contributed by atoms with van der Waals surface area (Å²) in [5.74, 6) is 4.82. The van der Waals surface area contributed by atoms with E-state index in [0.29, 0.717) is 16.2 Å². The first-order chi connectivity index (χ1) is 10.7. The quantitative estimate of drug-likeness (QED) is 0.721. The summed E-state index contributed by atoms with van der Waals surface area (Å²) in [6.45, 7) is 0. The topological polar surface area (TPSA) is 20.2 Å². The van der Waals surface area contributed by atoms with Gasteiger partial charge in [0.25, 0.3) is 0 Å². The molecule has 11 unspecified atom stereocenters. The summed E-state index contributed by atoms with van der Waals surface area (Å²) in [6.07, 6.45) is 14.9. The molecular weight excluding hydrogens is 268 g/mol. The van der Waals surface area contributed by atoms with E-state index in [1.165, 1.54) is 44.9 Å². The minimum atomic E-state index is -0.190. The average molecular weight is 294 g/mol. The van der Waals surface area contributed by atoms with Gasteiger partial charge in [-0.25, -0.2) is 0 Å². The number of aliphatic hydroxyl groups is 1. The second-order valence-electron chi connectivity index (χ2n) is 11.6. The Labute approximate surface area is 132 Å². The monoisotopic (exact) mass is 294 g/mol. The zero-order valence-electron chi connectivity index (χ0n) is 13.4. The van der Waals surface area contributed by atoms with Gasteiger partial charge < -0.3 is 5.11 Å². The van der Waals surface area contributed by atoms with Crippen LogP contribution in [0.3, 0.4) is 0 Å². The zero-order valence-corrected chi connectivity index (χ0v) is 13.4. The van der Waals surface area contributed by atoms with Gasteiger partial charge in [0, 0.05) is 5.92 Å². The summed E-state index contributed by atoms with van der Waals surface area (Å²) in [7, 11) is 0. The summed E-state index contributed by atoms with van der Waals surface area (Å²) in [4.78, 5) is 0. The molecule has 11 atom stereocenters. The van der Waals surface area contributed by atoms with Crippen LogP contribution >= 0.6 is 0 Å². The van der Waals surface area contributed by atoms with Gasteiger partial charge in [-0.15, -0.1) is 0 Å². The van der Waals surface area contributed by atoms with E-state index in [4.69, 9.17) is 0 Å². The van der Waals surface area contributed by atoms with Crippen molar-refractivity contribution in [2.24, 2.45) is 56.7 Å². The van der Waals surface area contributed by atoms with Gasteiger partial charge in [-0.1, -0.05) is 12.8 Å². The lowest BCUT2D eigenvalue weighted by atomic mass is 9.07. The van der Waals surface area contributed by atoms with Crippen molar-refractivity contribution in [3.63, 3.8) is 0 Å². The summed E-state index contributed by atoms with van der Waals surface area (Å²) in [5, 5.41) is 12.1. The molecule has 0 aliphatic heterocycles. The normalized spacial score (nSPS) is 88.0. The van der Waals surface area contributed by atoms with Crippen molar-refractivity contribution in [1.29, 1.82) is 0 Å². The lowest BCUT2D eigenvalue weighted by Gasteiger charge is -2.97. The third kappa shape index (κ3) is 0.482. The number of rotatable bonds is 0. The van der Waals surface area contributed by atoms with Gasteiger partial charge in [0.15, 0.2) is 0 Å². The first kappa shape index (κ1) is 10.7. The standard InChI is InChI=1S/C21H26O/c22-21-9-1-4-16-10-17-5-2-8-20(17,15(16)21)13-12(17)18-6-3-7-19(13,18)14(21)11(16)18/h11-15,22H,1-10H2. The molecule has 1 nitrogen and oxygen atoms in total. The van der Waals surface area contributed by atoms with E-state index in [1.807, 2.05) is 0 Å². The lowest BCUT2D eigenvalue weighted by Crippen LogP contribution is -2.95. The third-order valence-corrected chi connectivity index (χ3v) is 12.8. The molecule has 0 aromatic carbocycles. The van der Waals surface area contributed by atoms with Crippen LogP contribution in [0.15, 0.2) is 0 Å². The van der Waals surface area contributed by atoms with Crippen molar-refractivity contribution in [2.45, 2.75) is 69.8 Å². The Morgan fingerprint density at radius 1 is 0.636 bits per heavy atom. The summed E-state index contributed by atoms with van der Waals surface area (Å²) < 4.78 is 0. The van der Waals surface area contributed by atoms with Gasteiger partial charge in [0.2, 0.25) is 0 Å². The molecule has 9 saturated carbocycles. The number of hydrogen-bond donors (Lipinski definition) is 1. The fourth-order valence-electron chi connectivity index (χ4n) is 14.4. The molecule has 1 N–H and O–H groups in total. The highest BCUT2D eigenvalue weighted by Crippen LogP contribution is 3.14. The second kappa shape index (κ2) is 2.25. The lowest BCUT2D eigenvalue weighted by molar-refractivity contribution is -0.515. The van der Waals surface area contributed by atoms with Crippen LogP contribution in [0.4, 0.5) is 0 Å². The van der Waals surface area contributed by atoms with Crippen LogP contribution < -0.4 is 0 Å². The summed E-state index contributed by atoms with van der Waals surface area (Å²) in [6, 6.07) is 0. The Balaban J connectivity index is 1.51. The molecule has 9 aliphatic rings. The van der Waals surface area contributed by atoms with Crippen LogP contribution in [0.25, 0.3) is 0 Å². The van der Waals surface area contributed by atoms with Crippen molar-refractivity contribution in [2.75, 3.05) is 0 Å². The van der Waals surface area contributed by atoms with E-state index in [1.54, 1.807) is 19.3 Å². The molecule has 0 aromatic rings. The smallest absolute Gasteiger partial charge is 0.0723 e. The molecule has 0 saturated heterocycles. The Morgan fingerprint density at radius 2 is 1.36 bits per heavy atom. The van der Waals surface area contributed by atoms with Crippen LogP contribution in [0, 0.1) is 56.7 Å². The Hall–Kier alpha value is -0.0400. The molecule has 116 valence electrons. The summed E-state index contributed by atoms with van der Waals surface area (Å²) in [5.41, 5.74) is 3.36. The Morgan fingerprint density at radius 3 is 2.27 bits per heavy atom. The molecule has 0 heterocycles. The fourth-order valence-corrected chi connectivity index (χ4v) is 14.4. The van der Waals surface area contributed by atoms with E-state index < -0.39 is 0 Å². The van der Waals surface area contributed by atoms with Gasteiger partial charge in [-0.2, -0.15) is 0 Å². The molecule has 0 radical (unpaired) electrons. The van der Waals surface area contributed by atoms with Gasteiger partial charge in [0.1, 0.15) is 0 Å². The predicted molar refractivity (Wildman–Crippen MR) is 80.7 cm³/mol. The fraction of sp³-hybridized carbons (Fsp3) is 1.00. The Kier molecular flexibility index (Phi) is 1.10. The molecular formula is C21H26O. The largest absolute Gasteiger partial charge is 0.389 e. The summed E-state index contributed by atoms with van der Waals surface area (Å²) >= 11 is 0. The van der Waals surface area contributed by atoms with Crippen molar-refractivity contribution >= 4 is 0 Å². The van der Waals surface area contributed by atoms with E-state index in [0.717, 1.165) is 40.4 Å². The molecule has 9 fully saturated rings. The van der Waals surface area contributed by atoms with Crippen LogP contribution in [-0.4, -0.2) is 10.7 Å². The van der Waals surface area contributed by atoms with E-state index in [2.05, 4.69) is 0 Å². The maximum atomic E-state index is 12.1. The highest BCUT2D eigenvalue weighted by Gasteiger charge is 3.11. The molecule has 0 aromatic heterocycles. The Bertz CT molecular complexity index is 725. The van der Waals surface area contributed by atoms with Crippen molar-refractivity contribution in [3.8, 4) is 0 Å². The highest BCUT2D eigenvalue weighted by molar-refractivity contribution is 5.58. The van der Waals surface area contributed by atoms with Crippen molar-refractivity contribution in [3.05, 3.63) is 0 Å². The van der Waals surface area contributed by atoms with Crippen LogP contribution in [-0.2, 0) is 0 Å². The minimum absolute atomic E-state index is 0.190. The third-order valence-electron chi connectivity index (χ3n) is 12.8. The van der Waals surface area contributed by atoms with Gasteiger partial charge in [-0.05, 0) is 102 Å². The first-order valence-corrected chi connectivity index (χ1v) is 10.4. The zero-order chi connectivity index (χ0) is 14.0. The maximum absolute atomic E-state index is 12.1. The predicted octanol–water partition coefficient (Wildman–Crippen LogP) is 3.75. The van der Waals surface area contributed by atoms with Crippen molar-refractivity contribution < 1.29 is 5.11 Å². The first-order valence-electron chi connectivity index (χ1n) is 10.4. The van der Waals surface area contributed by atoms with E-state index in [9.17, 15) is 5.11 Å². The van der Waals surface area contributed by atoms with Gasteiger partial charge >= 0.3 is 0 Å². The average Bonchev–Trinajstić information content (AvgIpc) is 2.85. The molecule has 22 heavy (non-hydrogen) atoms. The minimum Gasteiger partial charge on any atom is -0.389 e. The van der Waals surface area contributed by atoms with Crippen LogP contribution in [0.1, 0.15) is 64.2 Å². The molecule has 4 bridgehead atoms. The second-order valence-corrected chi connectivity index (χ2v) is 11.6. The maximum Gasteiger partial charge on any atom is 0.0723 e. The van der Waals surface area contributed by atoms with Crippen LogP contribution in [0.2, 0.25) is 0 Å². The van der Waals surface area contributed by atoms with E-state index >= 15 is 0 Å². The number of hydrogen-bond acceptors (Lipinski definition) is 1. The molecule has 9 aliphatic carbocycles. The molecule has 0 amide bonds. The van der Waals surface area contributed by atoms with E-state index in [-0.39, 0.29) is 5.60 Å². The molecule has 2 spiro atoms. The molecule has 9 rings (SSSR count).